The van der Waals surface area contributed by atoms with E-state index in [1.165, 1.54) is 19.3 Å². The number of benzene rings is 1. The highest BCUT2D eigenvalue weighted by molar-refractivity contribution is 5.92. The van der Waals surface area contributed by atoms with E-state index in [2.05, 4.69) is 10.6 Å². The molecule has 1 atom stereocenters. The average molecular weight is 290 g/mol. The first-order chi connectivity index (χ1) is 10.1. The average Bonchev–Trinajstić information content (AvgIpc) is 2.50. The Kier molecular flexibility index (Phi) is 5.62. The third-order valence-electron chi connectivity index (χ3n) is 4.21. The van der Waals surface area contributed by atoms with Gasteiger partial charge in [0.25, 0.3) is 0 Å². The van der Waals surface area contributed by atoms with Crippen molar-refractivity contribution in [2.24, 2.45) is 0 Å². The first kappa shape index (κ1) is 15.8. The zero-order valence-corrected chi connectivity index (χ0v) is 13.3. The van der Waals surface area contributed by atoms with Crippen LogP contribution in [0.5, 0.6) is 5.75 Å². The number of nitrogens with one attached hydrogen (secondary N) is 2. The van der Waals surface area contributed by atoms with Gasteiger partial charge in [-0.05, 0) is 51.3 Å². The lowest BCUT2D eigenvalue weighted by atomic mass is 10.0. The topological polar surface area (TPSA) is 50.4 Å². The Morgan fingerprint density at radius 1 is 1.38 bits per heavy atom. The molecular weight excluding hydrogens is 264 g/mol. The zero-order chi connectivity index (χ0) is 15.2. The molecule has 0 bridgehead atoms. The number of hydrogen-bond acceptors (Lipinski definition) is 3. The number of rotatable bonds is 5. The normalized spacial score (nSPS) is 18.3. The Labute approximate surface area is 127 Å². The standard InChI is InChI=1S/C17H26N2O2/c1-12-7-9-15(13(2)17(12)21-3)19-16(20)10-8-14-6-4-5-11-18-14/h7,9,14,18H,4-6,8,10-11H2,1-3H3,(H,19,20). The van der Waals surface area contributed by atoms with Crippen molar-refractivity contribution in [3.05, 3.63) is 23.3 Å². The Morgan fingerprint density at radius 2 is 2.19 bits per heavy atom. The van der Waals surface area contributed by atoms with Gasteiger partial charge in [0.05, 0.1) is 7.11 Å². The van der Waals surface area contributed by atoms with Crippen molar-refractivity contribution in [3.63, 3.8) is 0 Å². The van der Waals surface area contributed by atoms with Gasteiger partial charge in [-0.3, -0.25) is 4.79 Å². The van der Waals surface area contributed by atoms with Crippen LogP contribution in [0, 0.1) is 13.8 Å². The van der Waals surface area contributed by atoms with E-state index < -0.39 is 0 Å². The van der Waals surface area contributed by atoms with Gasteiger partial charge in [0.15, 0.2) is 0 Å². The maximum Gasteiger partial charge on any atom is 0.224 e. The van der Waals surface area contributed by atoms with Crippen molar-refractivity contribution in [3.8, 4) is 5.75 Å². The van der Waals surface area contributed by atoms with Gasteiger partial charge in [0.1, 0.15) is 5.75 Å². The van der Waals surface area contributed by atoms with E-state index in [4.69, 9.17) is 4.74 Å². The molecule has 0 spiro atoms. The predicted octanol–water partition coefficient (Wildman–Crippen LogP) is 3.17. The molecule has 1 aliphatic rings. The van der Waals surface area contributed by atoms with E-state index in [0.29, 0.717) is 12.5 Å². The molecule has 0 aliphatic carbocycles. The summed E-state index contributed by atoms with van der Waals surface area (Å²) < 4.78 is 5.39. The molecule has 4 heteroatoms. The quantitative estimate of drug-likeness (QED) is 0.875. The SMILES string of the molecule is COc1c(C)ccc(NC(=O)CCC2CCCCN2)c1C. The van der Waals surface area contributed by atoms with E-state index >= 15 is 0 Å². The monoisotopic (exact) mass is 290 g/mol. The first-order valence-electron chi connectivity index (χ1n) is 7.79. The number of amides is 1. The molecule has 21 heavy (non-hydrogen) atoms. The van der Waals surface area contributed by atoms with Crippen LogP contribution in [0.3, 0.4) is 0 Å². The number of methoxy groups -OCH3 is 1. The van der Waals surface area contributed by atoms with Gasteiger partial charge in [-0.25, -0.2) is 0 Å². The van der Waals surface area contributed by atoms with E-state index in [-0.39, 0.29) is 5.91 Å². The molecule has 1 aliphatic heterocycles. The van der Waals surface area contributed by atoms with Crippen LogP contribution < -0.4 is 15.4 Å². The summed E-state index contributed by atoms with van der Waals surface area (Å²) in [5, 5.41) is 6.48. The number of ether oxygens (including phenoxy) is 1. The van der Waals surface area contributed by atoms with E-state index in [9.17, 15) is 4.79 Å². The highest BCUT2D eigenvalue weighted by Gasteiger charge is 2.15. The number of aryl methyl sites for hydroxylation is 1. The van der Waals surface area contributed by atoms with Crippen LogP contribution >= 0.6 is 0 Å². The number of hydrogen-bond donors (Lipinski definition) is 2. The van der Waals surface area contributed by atoms with Crippen molar-refractivity contribution < 1.29 is 9.53 Å². The highest BCUT2D eigenvalue weighted by Crippen LogP contribution is 2.29. The van der Waals surface area contributed by atoms with Crippen LogP contribution in [-0.4, -0.2) is 25.6 Å². The lowest BCUT2D eigenvalue weighted by Gasteiger charge is -2.23. The van der Waals surface area contributed by atoms with Crippen LogP contribution in [0.25, 0.3) is 0 Å². The van der Waals surface area contributed by atoms with Crippen LogP contribution in [0.4, 0.5) is 5.69 Å². The molecule has 116 valence electrons. The minimum absolute atomic E-state index is 0.0800. The first-order valence-corrected chi connectivity index (χ1v) is 7.79. The van der Waals surface area contributed by atoms with Gasteiger partial charge in [-0.2, -0.15) is 0 Å². The molecule has 1 heterocycles. The maximum atomic E-state index is 12.1. The fourth-order valence-electron chi connectivity index (χ4n) is 2.96. The molecule has 0 saturated carbocycles. The molecule has 1 aromatic carbocycles. The Hall–Kier alpha value is -1.55. The molecule has 1 amide bonds. The molecule has 1 saturated heterocycles. The lowest BCUT2D eigenvalue weighted by Crippen LogP contribution is -2.34. The molecule has 2 N–H and O–H groups in total. The van der Waals surface area contributed by atoms with Crippen LogP contribution in [-0.2, 0) is 4.79 Å². The van der Waals surface area contributed by atoms with Gasteiger partial charge in [0.2, 0.25) is 5.91 Å². The van der Waals surface area contributed by atoms with Crippen LogP contribution in [0.15, 0.2) is 12.1 Å². The van der Waals surface area contributed by atoms with Crippen molar-refractivity contribution in [1.29, 1.82) is 0 Å². The van der Waals surface area contributed by atoms with Gasteiger partial charge in [-0.15, -0.1) is 0 Å². The summed E-state index contributed by atoms with van der Waals surface area (Å²) in [6.07, 6.45) is 5.18. The number of carbonyl (C=O) groups excluding carboxylic acids is 1. The second kappa shape index (κ2) is 7.46. The van der Waals surface area contributed by atoms with Crippen LogP contribution in [0.1, 0.15) is 43.2 Å². The minimum Gasteiger partial charge on any atom is -0.496 e. The highest BCUT2D eigenvalue weighted by atomic mass is 16.5. The summed E-state index contributed by atoms with van der Waals surface area (Å²) in [4.78, 5) is 12.1. The Bertz CT molecular complexity index is 494. The molecule has 1 aromatic rings. The van der Waals surface area contributed by atoms with Crippen molar-refractivity contribution >= 4 is 11.6 Å². The summed E-state index contributed by atoms with van der Waals surface area (Å²) >= 11 is 0. The second-order valence-electron chi connectivity index (χ2n) is 5.82. The van der Waals surface area contributed by atoms with Crippen molar-refractivity contribution in [2.75, 3.05) is 19.0 Å². The number of carbonyl (C=O) groups is 1. The summed E-state index contributed by atoms with van der Waals surface area (Å²) in [5.41, 5.74) is 2.92. The van der Waals surface area contributed by atoms with Gasteiger partial charge in [-0.1, -0.05) is 12.5 Å². The number of piperidine rings is 1. The van der Waals surface area contributed by atoms with Crippen molar-refractivity contribution in [1.82, 2.24) is 5.32 Å². The summed E-state index contributed by atoms with van der Waals surface area (Å²) in [6, 6.07) is 4.42. The van der Waals surface area contributed by atoms with Gasteiger partial charge >= 0.3 is 0 Å². The largest absolute Gasteiger partial charge is 0.496 e. The third kappa shape index (κ3) is 4.21. The Balaban J connectivity index is 1.90. The summed E-state index contributed by atoms with van der Waals surface area (Å²) in [5.74, 6) is 0.929. The minimum atomic E-state index is 0.0800. The molecule has 1 fully saturated rings. The summed E-state index contributed by atoms with van der Waals surface area (Å²) in [7, 11) is 1.66. The predicted molar refractivity (Wildman–Crippen MR) is 86.0 cm³/mol. The molecule has 2 rings (SSSR count). The van der Waals surface area contributed by atoms with E-state index in [1.54, 1.807) is 7.11 Å². The molecule has 0 aromatic heterocycles. The van der Waals surface area contributed by atoms with Gasteiger partial charge < -0.3 is 15.4 Å². The Morgan fingerprint density at radius 3 is 2.86 bits per heavy atom. The van der Waals surface area contributed by atoms with Crippen LogP contribution in [0.2, 0.25) is 0 Å². The number of anilines is 1. The molecule has 1 unspecified atom stereocenters. The second-order valence-corrected chi connectivity index (χ2v) is 5.82. The molecular formula is C17H26N2O2. The maximum absolute atomic E-state index is 12.1. The summed E-state index contributed by atoms with van der Waals surface area (Å²) in [6.45, 7) is 5.07. The van der Waals surface area contributed by atoms with Gasteiger partial charge in [0, 0.05) is 23.7 Å². The fourth-order valence-corrected chi connectivity index (χ4v) is 2.96. The molecule has 4 nitrogen and oxygen atoms in total. The molecule has 0 radical (unpaired) electrons. The lowest BCUT2D eigenvalue weighted by molar-refractivity contribution is -0.116. The third-order valence-corrected chi connectivity index (χ3v) is 4.21. The van der Waals surface area contributed by atoms with E-state index in [1.807, 2.05) is 26.0 Å². The van der Waals surface area contributed by atoms with E-state index in [0.717, 1.165) is 35.5 Å². The smallest absolute Gasteiger partial charge is 0.224 e. The van der Waals surface area contributed by atoms with Crippen molar-refractivity contribution in [2.45, 2.75) is 52.0 Å². The fraction of sp³-hybridized carbons (Fsp3) is 0.588. The zero-order valence-electron chi connectivity index (χ0n) is 13.3.